The third-order valence-corrected chi connectivity index (χ3v) is 12.4. The fourth-order valence-electron chi connectivity index (χ4n) is 7.24. The minimum atomic E-state index is -4.15. The number of rotatable bonds is 13. The van der Waals surface area contributed by atoms with Gasteiger partial charge in [0.25, 0.3) is 21.8 Å². The molecule has 4 rings (SSSR count). The second-order valence-corrected chi connectivity index (χ2v) is 18.6. The van der Waals surface area contributed by atoms with E-state index in [0.717, 1.165) is 4.31 Å². The van der Waals surface area contributed by atoms with Crippen LogP contribution in [-0.4, -0.2) is 96.9 Å². The average Bonchev–Trinajstić information content (AvgIpc) is 3.32. The highest BCUT2D eigenvalue weighted by Gasteiger charge is 2.70. The molecule has 1 unspecified atom stereocenters. The molecule has 288 valence electrons. The number of ketones is 1. The number of nitrogens with one attached hydrogen (secondary N) is 4. The second kappa shape index (κ2) is 15.0. The molecule has 15 heteroatoms. The van der Waals surface area contributed by atoms with E-state index in [2.05, 4.69) is 33.8 Å². The van der Waals surface area contributed by atoms with Crippen molar-refractivity contribution >= 4 is 45.5 Å². The van der Waals surface area contributed by atoms with Gasteiger partial charge in [-0.2, -0.15) is 0 Å². The fourth-order valence-corrected chi connectivity index (χ4v) is 8.82. The number of terminal acetylenes is 1. The molecule has 6 atom stereocenters. The summed E-state index contributed by atoms with van der Waals surface area (Å²) >= 11 is 0. The molecule has 0 bridgehead atoms. The number of piperidine rings is 1. The molecule has 1 aromatic carbocycles. The van der Waals surface area contributed by atoms with E-state index in [9.17, 15) is 37.2 Å². The zero-order valence-electron chi connectivity index (χ0n) is 31.7. The van der Waals surface area contributed by atoms with Crippen LogP contribution in [0.2, 0.25) is 0 Å². The van der Waals surface area contributed by atoms with Crippen LogP contribution >= 0.6 is 0 Å². The molecule has 1 aliphatic carbocycles. The van der Waals surface area contributed by atoms with Crippen LogP contribution in [0.25, 0.3) is 0 Å². The Morgan fingerprint density at radius 3 is 2.25 bits per heavy atom. The first-order chi connectivity index (χ1) is 24.5. The van der Waals surface area contributed by atoms with Crippen molar-refractivity contribution in [2.75, 3.05) is 19.6 Å². The largest absolute Gasteiger partial charge is 0.346 e. The number of likely N-dealkylation sites (tertiary alicyclic amines) is 1. The van der Waals surface area contributed by atoms with Crippen molar-refractivity contribution in [2.24, 2.45) is 28.1 Å². The molecular weight excluding hydrogens is 701 g/mol. The number of urea groups is 1. The minimum Gasteiger partial charge on any atom is -0.346 e. The molecule has 14 nitrogen and oxygen atoms in total. The first-order valence-electron chi connectivity index (χ1n) is 17.7. The lowest BCUT2D eigenvalue weighted by Crippen LogP contribution is -2.62. The molecule has 6 amide bonds. The average molecular weight is 753 g/mol. The van der Waals surface area contributed by atoms with E-state index in [-0.39, 0.29) is 60.2 Å². The third-order valence-electron chi connectivity index (χ3n) is 10.6. The number of fused-ring (bicyclic) bond motifs is 2. The Bertz CT molecular complexity index is 1840. The van der Waals surface area contributed by atoms with Gasteiger partial charge in [-0.1, -0.05) is 73.6 Å². The number of hydrogen-bond acceptors (Lipinski definition) is 8. The maximum atomic E-state index is 14.5. The molecule has 1 aromatic rings. The first-order valence-corrected chi connectivity index (χ1v) is 19.1. The Hall–Kier alpha value is -4.71. The SMILES string of the molecule is C#CCCC(NC(=O)[C@@H]1[C@@H]2[C@H](CN1C(=O)[C@@H](NC(=O)N[C@H](CN1C(=O)c3ccccc3S1(=O)=O)C(C)(C)C)C(C)(C)C)C2(C)C)C(=O)C(=O)NCC=C. The summed E-state index contributed by atoms with van der Waals surface area (Å²) in [5.41, 5.74) is -1.83. The van der Waals surface area contributed by atoms with Crippen molar-refractivity contribution in [2.45, 2.75) is 97.3 Å². The maximum absolute atomic E-state index is 14.5. The predicted octanol–water partition coefficient (Wildman–Crippen LogP) is 2.21. The van der Waals surface area contributed by atoms with E-state index >= 15 is 0 Å². The summed E-state index contributed by atoms with van der Waals surface area (Å²) < 4.78 is 27.4. The topological polar surface area (TPSA) is 191 Å². The van der Waals surface area contributed by atoms with Gasteiger partial charge in [-0.3, -0.25) is 24.0 Å². The van der Waals surface area contributed by atoms with E-state index in [4.69, 9.17) is 6.42 Å². The van der Waals surface area contributed by atoms with Crippen LogP contribution in [0.4, 0.5) is 4.79 Å². The summed E-state index contributed by atoms with van der Waals surface area (Å²) in [5, 5.41) is 10.7. The molecule has 0 radical (unpaired) electrons. The molecule has 3 aliphatic rings. The number of nitrogens with zero attached hydrogens (tertiary/aromatic N) is 2. The molecule has 0 aromatic heterocycles. The fraction of sp³-hybridized carbons (Fsp3) is 0.579. The normalized spacial score (nSPS) is 22.6. The van der Waals surface area contributed by atoms with Gasteiger partial charge in [0.2, 0.25) is 17.6 Å². The molecule has 1 saturated heterocycles. The van der Waals surface area contributed by atoms with Crippen molar-refractivity contribution in [3.63, 3.8) is 0 Å². The number of carbonyl (C=O) groups excluding carboxylic acids is 6. The smallest absolute Gasteiger partial charge is 0.315 e. The third kappa shape index (κ3) is 8.27. The molecule has 2 fully saturated rings. The Morgan fingerprint density at radius 1 is 1.04 bits per heavy atom. The van der Waals surface area contributed by atoms with E-state index in [1.54, 1.807) is 47.6 Å². The Labute approximate surface area is 312 Å². The van der Waals surface area contributed by atoms with Crippen LogP contribution in [0, 0.1) is 40.4 Å². The first kappa shape index (κ1) is 41.1. The second-order valence-electron chi connectivity index (χ2n) is 16.7. The summed E-state index contributed by atoms with van der Waals surface area (Å²) in [6.45, 7) is 18.1. The monoisotopic (exact) mass is 752 g/mol. The summed E-state index contributed by atoms with van der Waals surface area (Å²) in [4.78, 5) is 82.3. The number of carbonyl (C=O) groups is 6. The zero-order chi connectivity index (χ0) is 39.8. The van der Waals surface area contributed by atoms with Gasteiger partial charge in [0.1, 0.15) is 17.0 Å². The van der Waals surface area contributed by atoms with Crippen molar-refractivity contribution in [1.82, 2.24) is 30.5 Å². The molecular formula is C38H52N6O8S. The van der Waals surface area contributed by atoms with Crippen molar-refractivity contribution in [1.29, 1.82) is 0 Å². The predicted molar refractivity (Wildman–Crippen MR) is 197 cm³/mol. The van der Waals surface area contributed by atoms with Gasteiger partial charge >= 0.3 is 6.03 Å². The zero-order valence-corrected chi connectivity index (χ0v) is 32.6. The summed E-state index contributed by atoms with van der Waals surface area (Å²) in [7, 11) is -4.15. The number of benzene rings is 1. The number of sulfonamides is 1. The lowest BCUT2D eigenvalue weighted by atomic mass is 9.85. The lowest BCUT2D eigenvalue weighted by Gasteiger charge is -2.39. The van der Waals surface area contributed by atoms with Gasteiger partial charge in [0.05, 0.1) is 24.2 Å². The highest BCUT2D eigenvalue weighted by Crippen LogP contribution is 2.65. The van der Waals surface area contributed by atoms with Gasteiger partial charge in [0.15, 0.2) is 0 Å². The van der Waals surface area contributed by atoms with E-state index in [1.807, 2.05) is 13.8 Å². The summed E-state index contributed by atoms with van der Waals surface area (Å²) in [5.74, 6) is -1.43. The van der Waals surface area contributed by atoms with Gasteiger partial charge in [0, 0.05) is 19.5 Å². The van der Waals surface area contributed by atoms with Crippen LogP contribution in [0.1, 0.15) is 78.6 Å². The number of Topliss-reactive ketones (excluding diaryl/α,β-unsaturated/α-hetero) is 1. The highest BCUT2D eigenvalue weighted by atomic mass is 32.2. The van der Waals surface area contributed by atoms with Crippen LogP contribution in [0.5, 0.6) is 0 Å². The number of amides is 6. The van der Waals surface area contributed by atoms with E-state index in [1.165, 1.54) is 29.2 Å². The van der Waals surface area contributed by atoms with Crippen molar-refractivity contribution in [3.8, 4) is 12.3 Å². The quantitative estimate of drug-likeness (QED) is 0.134. The Balaban J connectivity index is 1.55. The van der Waals surface area contributed by atoms with Gasteiger partial charge in [-0.25, -0.2) is 17.5 Å². The molecule has 0 spiro atoms. The van der Waals surface area contributed by atoms with Crippen LogP contribution in [0.3, 0.4) is 0 Å². The van der Waals surface area contributed by atoms with Crippen LogP contribution in [-0.2, 0) is 29.2 Å². The molecule has 2 heterocycles. The standard InChI is InChI=1S/C38H52N6O8S/c1-11-13-17-24(29(45)32(47)39-19-12-2)40-31(46)28-27-23(38(27,9)10)20-43(28)34(49)30(37(6,7)8)42-35(50)41-26(36(3,4)5)21-44-33(48)22-16-14-15-18-25(22)53(44,51)52/h1,12,14-16,18,23-24,26-28,30H,2,13,17,19-21H2,3-10H3,(H,39,47)(H,40,46)(H2,41,42,50)/t23-,24?,26+,27-,28-,30+/m0/s1. The highest BCUT2D eigenvalue weighted by molar-refractivity contribution is 7.90. The molecule has 53 heavy (non-hydrogen) atoms. The summed E-state index contributed by atoms with van der Waals surface area (Å²) in [6, 6.07) is 0.903. The number of hydrogen-bond donors (Lipinski definition) is 4. The lowest BCUT2D eigenvalue weighted by molar-refractivity contribution is -0.145. The van der Waals surface area contributed by atoms with Crippen LogP contribution in [0.15, 0.2) is 41.8 Å². The molecule has 4 N–H and O–H groups in total. The van der Waals surface area contributed by atoms with E-state index < -0.39 is 80.5 Å². The Morgan fingerprint density at radius 2 is 1.68 bits per heavy atom. The van der Waals surface area contributed by atoms with Crippen molar-refractivity contribution < 1.29 is 37.2 Å². The van der Waals surface area contributed by atoms with Crippen molar-refractivity contribution in [3.05, 3.63) is 42.5 Å². The Kier molecular flexibility index (Phi) is 11.6. The maximum Gasteiger partial charge on any atom is 0.315 e. The van der Waals surface area contributed by atoms with E-state index in [0.29, 0.717) is 0 Å². The van der Waals surface area contributed by atoms with Crippen LogP contribution < -0.4 is 21.3 Å². The van der Waals surface area contributed by atoms with Gasteiger partial charge in [-0.15, -0.1) is 18.9 Å². The minimum absolute atomic E-state index is 0.0123. The summed E-state index contributed by atoms with van der Waals surface area (Å²) in [6.07, 6.45) is 6.97. The molecule has 1 saturated carbocycles. The van der Waals surface area contributed by atoms with Gasteiger partial charge in [-0.05, 0) is 46.6 Å². The van der Waals surface area contributed by atoms with Gasteiger partial charge < -0.3 is 26.2 Å². The molecule has 2 aliphatic heterocycles.